The number of aliphatic carboxylic acids is 1. The molecule has 1 amide bonds. The topological polar surface area (TPSA) is 70.1 Å². The molecular formula is C20H26F4N2O4. The second-order valence-electron chi connectivity index (χ2n) is 7.81. The van der Waals surface area contributed by atoms with Crippen LogP contribution in [0.1, 0.15) is 24.8 Å². The first kappa shape index (κ1) is 24.1. The van der Waals surface area contributed by atoms with Crippen LogP contribution in [0.2, 0.25) is 0 Å². The molecule has 0 radical (unpaired) electrons. The van der Waals surface area contributed by atoms with E-state index in [0.29, 0.717) is 19.0 Å². The number of halogens is 4. The summed E-state index contributed by atoms with van der Waals surface area (Å²) < 4.78 is 50.8. The molecule has 1 spiro atoms. The quantitative estimate of drug-likeness (QED) is 0.741. The van der Waals surface area contributed by atoms with Crippen molar-refractivity contribution in [1.29, 1.82) is 0 Å². The van der Waals surface area contributed by atoms with Crippen LogP contribution >= 0.6 is 0 Å². The van der Waals surface area contributed by atoms with E-state index < -0.39 is 12.1 Å². The molecule has 30 heavy (non-hydrogen) atoms. The molecule has 0 unspecified atom stereocenters. The second kappa shape index (κ2) is 9.74. The van der Waals surface area contributed by atoms with Crippen molar-refractivity contribution in [3.63, 3.8) is 0 Å². The molecule has 0 bridgehead atoms. The number of amides is 1. The van der Waals surface area contributed by atoms with Crippen LogP contribution in [0.15, 0.2) is 24.3 Å². The smallest absolute Gasteiger partial charge is 0.475 e. The lowest BCUT2D eigenvalue weighted by atomic mass is 9.89. The van der Waals surface area contributed by atoms with Gasteiger partial charge in [-0.3, -0.25) is 4.79 Å². The van der Waals surface area contributed by atoms with E-state index in [1.54, 1.807) is 12.1 Å². The van der Waals surface area contributed by atoms with Crippen molar-refractivity contribution in [3.8, 4) is 0 Å². The predicted octanol–water partition coefficient (Wildman–Crippen LogP) is 2.71. The van der Waals surface area contributed by atoms with Gasteiger partial charge in [-0.25, -0.2) is 9.18 Å². The van der Waals surface area contributed by atoms with Crippen LogP contribution < -0.4 is 0 Å². The van der Waals surface area contributed by atoms with Gasteiger partial charge in [0.2, 0.25) is 5.91 Å². The molecule has 0 aromatic heterocycles. The summed E-state index contributed by atoms with van der Waals surface area (Å²) in [5.41, 5.74) is 0.680. The lowest BCUT2D eigenvalue weighted by molar-refractivity contribution is -0.192. The summed E-state index contributed by atoms with van der Waals surface area (Å²) in [6, 6.07) is 6.69. The highest BCUT2D eigenvalue weighted by molar-refractivity contribution is 5.79. The Morgan fingerprint density at radius 3 is 2.40 bits per heavy atom. The maximum absolute atomic E-state index is 12.9. The minimum Gasteiger partial charge on any atom is -0.475 e. The summed E-state index contributed by atoms with van der Waals surface area (Å²) in [4.78, 5) is 25.6. The van der Waals surface area contributed by atoms with Crippen LogP contribution in [0, 0.1) is 5.82 Å². The van der Waals surface area contributed by atoms with E-state index in [9.17, 15) is 22.4 Å². The molecule has 168 valence electrons. The summed E-state index contributed by atoms with van der Waals surface area (Å²) in [6.07, 6.45) is -1.81. The SMILES string of the molecule is CN(C)[C@H]1CCO[C@]2(CCN(C(=O)Cc3ccc(F)cc3)C2)C1.O=C(O)C(F)(F)F. The standard InChI is InChI=1S/C18H25FN2O2.C2HF3O2/c1-20(2)16-7-10-23-18(12-16)8-9-21(13-18)17(22)11-14-3-5-15(19)6-4-14;3-2(4,5)1(6)7/h3-6,16H,7-13H2,1-2H3;(H,6,7)/t16-,18+;/m0./s1. The van der Waals surface area contributed by atoms with Crippen LogP contribution in [0.5, 0.6) is 0 Å². The van der Waals surface area contributed by atoms with Gasteiger partial charge in [0, 0.05) is 25.7 Å². The summed E-state index contributed by atoms with van der Waals surface area (Å²) in [5.74, 6) is -2.93. The first-order valence-electron chi connectivity index (χ1n) is 9.54. The average molecular weight is 434 g/mol. The van der Waals surface area contributed by atoms with Gasteiger partial charge in [-0.2, -0.15) is 13.2 Å². The highest BCUT2D eigenvalue weighted by Gasteiger charge is 2.44. The summed E-state index contributed by atoms with van der Waals surface area (Å²) in [7, 11) is 4.21. The van der Waals surface area contributed by atoms with Crippen molar-refractivity contribution < 1.29 is 37.0 Å². The lowest BCUT2D eigenvalue weighted by Crippen LogP contribution is -2.48. The molecule has 2 heterocycles. The molecule has 2 aliphatic rings. The van der Waals surface area contributed by atoms with Gasteiger partial charge in [-0.15, -0.1) is 0 Å². The number of rotatable bonds is 3. The molecule has 2 saturated heterocycles. The minimum absolute atomic E-state index is 0.101. The summed E-state index contributed by atoms with van der Waals surface area (Å²) in [6.45, 7) is 2.19. The van der Waals surface area contributed by atoms with E-state index in [2.05, 4.69) is 19.0 Å². The Labute approximate surface area is 172 Å². The summed E-state index contributed by atoms with van der Waals surface area (Å²) >= 11 is 0. The van der Waals surface area contributed by atoms with Crippen molar-refractivity contribution in [3.05, 3.63) is 35.6 Å². The normalized spacial score (nSPS) is 24.0. The zero-order valence-electron chi connectivity index (χ0n) is 16.9. The number of carboxylic acid groups (broad SMARTS) is 1. The van der Waals surface area contributed by atoms with Gasteiger partial charge in [0.05, 0.1) is 12.0 Å². The highest BCUT2D eigenvalue weighted by atomic mass is 19.4. The van der Waals surface area contributed by atoms with Crippen molar-refractivity contribution in [2.75, 3.05) is 33.8 Å². The van der Waals surface area contributed by atoms with Crippen molar-refractivity contribution in [2.24, 2.45) is 0 Å². The zero-order chi connectivity index (χ0) is 22.5. The van der Waals surface area contributed by atoms with Crippen LogP contribution in [0.4, 0.5) is 17.6 Å². The average Bonchev–Trinajstić information content (AvgIpc) is 3.06. The maximum atomic E-state index is 12.9. The van der Waals surface area contributed by atoms with E-state index in [1.165, 1.54) is 12.1 Å². The second-order valence-corrected chi connectivity index (χ2v) is 7.81. The maximum Gasteiger partial charge on any atom is 0.490 e. The van der Waals surface area contributed by atoms with Gasteiger partial charge in [0.25, 0.3) is 0 Å². The third-order valence-corrected chi connectivity index (χ3v) is 5.38. The number of carbonyl (C=O) groups excluding carboxylic acids is 1. The third-order valence-electron chi connectivity index (χ3n) is 5.38. The summed E-state index contributed by atoms with van der Waals surface area (Å²) in [5, 5.41) is 7.12. The molecule has 2 fully saturated rings. The fraction of sp³-hybridized carbons (Fsp3) is 0.600. The number of alkyl halides is 3. The van der Waals surface area contributed by atoms with Gasteiger partial charge < -0.3 is 19.6 Å². The fourth-order valence-electron chi connectivity index (χ4n) is 3.67. The van der Waals surface area contributed by atoms with E-state index >= 15 is 0 Å². The predicted molar refractivity (Wildman–Crippen MR) is 100 cm³/mol. The molecule has 1 aromatic rings. The van der Waals surface area contributed by atoms with Gasteiger partial charge in [0.1, 0.15) is 5.82 Å². The third kappa shape index (κ3) is 6.66. The molecule has 2 aliphatic heterocycles. The Kier molecular flexibility index (Phi) is 7.81. The Bertz CT molecular complexity index is 739. The highest BCUT2D eigenvalue weighted by Crippen LogP contribution is 2.35. The van der Waals surface area contributed by atoms with Crippen LogP contribution in [0.3, 0.4) is 0 Å². The largest absolute Gasteiger partial charge is 0.490 e. The Morgan fingerprint density at radius 1 is 1.27 bits per heavy atom. The molecule has 0 saturated carbocycles. The van der Waals surface area contributed by atoms with Gasteiger partial charge in [-0.1, -0.05) is 12.1 Å². The number of benzene rings is 1. The van der Waals surface area contributed by atoms with Gasteiger partial charge in [0.15, 0.2) is 0 Å². The number of carbonyl (C=O) groups is 2. The number of carboxylic acids is 1. The minimum atomic E-state index is -5.08. The monoisotopic (exact) mass is 434 g/mol. The van der Waals surface area contributed by atoms with Crippen LogP contribution in [-0.2, 0) is 20.7 Å². The Balaban J connectivity index is 0.000000396. The van der Waals surface area contributed by atoms with Crippen LogP contribution in [0.25, 0.3) is 0 Å². The number of hydrogen-bond donors (Lipinski definition) is 1. The molecule has 6 nitrogen and oxygen atoms in total. The molecule has 1 N–H and O–H groups in total. The molecule has 1 aromatic carbocycles. The first-order valence-corrected chi connectivity index (χ1v) is 9.54. The Morgan fingerprint density at radius 2 is 1.87 bits per heavy atom. The van der Waals surface area contributed by atoms with E-state index in [4.69, 9.17) is 14.6 Å². The zero-order valence-corrected chi connectivity index (χ0v) is 16.9. The molecule has 3 rings (SSSR count). The number of nitrogens with zero attached hydrogens (tertiary/aromatic N) is 2. The molecule has 2 atom stereocenters. The van der Waals surface area contributed by atoms with Gasteiger partial charge >= 0.3 is 12.1 Å². The molecular weight excluding hydrogens is 408 g/mol. The Hall–Kier alpha value is -2.20. The number of ether oxygens (including phenoxy) is 1. The van der Waals surface area contributed by atoms with Crippen LogP contribution in [-0.4, -0.2) is 78.4 Å². The molecule has 0 aliphatic carbocycles. The fourth-order valence-corrected chi connectivity index (χ4v) is 3.67. The van der Waals surface area contributed by atoms with Crippen molar-refractivity contribution >= 4 is 11.9 Å². The molecule has 10 heteroatoms. The number of hydrogen-bond acceptors (Lipinski definition) is 4. The first-order chi connectivity index (χ1) is 13.9. The van der Waals surface area contributed by atoms with E-state index in [0.717, 1.165) is 38.0 Å². The lowest BCUT2D eigenvalue weighted by Gasteiger charge is -2.40. The van der Waals surface area contributed by atoms with E-state index in [-0.39, 0.29) is 17.3 Å². The van der Waals surface area contributed by atoms with Crippen molar-refractivity contribution in [2.45, 2.75) is 43.5 Å². The van der Waals surface area contributed by atoms with Gasteiger partial charge in [-0.05, 0) is 51.1 Å². The van der Waals surface area contributed by atoms with E-state index in [1.807, 2.05) is 4.90 Å². The number of likely N-dealkylation sites (tertiary alicyclic amines) is 1. The van der Waals surface area contributed by atoms with Crippen molar-refractivity contribution in [1.82, 2.24) is 9.80 Å².